The molecule has 0 spiro atoms. The molecule has 1 aromatic heterocycles. The molecule has 120 valence electrons. The Morgan fingerprint density at radius 2 is 1.92 bits per heavy atom. The van der Waals surface area contributed by atoms with Gasteiger partial charge in [0.2, 0.25) is 0 Å². The van der Waals surface area contributed by atoms with Crippen molar-refractivity contribution in [3.63, 3.8) is 0 Å². The minimum absolute atomic E-state index is 0.0863. The summed E-state index contributed by atoms with van der Waals surface area (Å²) < 4.78 is 0. The standard InChI is InChI=1S/C18H17N5O/c1-11(12-7-4-3-5-8-12)21-16(17(19)20-2)18-22-13-9-6-10-14(24)15(13)23-18/h3-10,24H,1H2,2H3,(H2,19,20)(H,22,23). The van der Waals surface area contributed by atoms with Crippen molar-refractivity contribution >= 4 is 28.3 Å². The maximum absolute atomic E-state index is 9.92. The van der Waals surface area contributed by atoms with E-state index in [9.17, 15) is 5.11 Å². The van der Waals surface area contributed by atoms with E-state index in [0.29, 0.717) is 28.3 Å². The van der Waals surface area contributed by atoms with E-state index < -0.39 is 0 Å². The number of phenols is 1. The number of nitrogens with one attached hydrogen (secondary N) is 1. The SMILES string of the molecule is C=C(N=C(C(N)=NC)c1nc2c(O)cccc2[nH]1)c1ccccc1. The van der Waals surface area contributed by atoms with E-state index in [-0.39, 0.29) is 11.6 Å². The normalized spacial score (nSPS) is 12.5. The maximum Gasteiger partial charge on any atom is 0.161 e. The highest BCUT2D eigenvalue weighted by Gasteiger charge is 2.15. The van der Waals surface area contributed by atoms with Crippen molar-refractivity contribution in [3.05, 3.63) is 66.5 Å². The number of para-hydroxylation sites is 1. The van der Waals surface area contributed by atoms with Crippen molar-refractivity contribution in [1.29, 1.82) is 0 Å². The number of rotatable bonds is 4. The van der Waals surface area contributed by atoms with Gasteiger partial charge in [-0.3, -0.25) is 4.99 Å². The molecule has 0 saturated heterocycles. The topological polar surface area (TPSA) is 99.7 Å². The molecule has 0 atom stereocenters. The summed E-state index contributed by atoms with van der Waals surface area (Å²) in [6.07, 6.45) is 0. The molecule has 0 amide bonds. The number of fused-ring (bicyclic) bond motifs is 1. The van der Waals surface area contributed by atoms with Crippen LogP contribution in [0.1, 0.15) is 11.4 Å². The number of imidazole rings is 1. The molecule has 0 unspecified atom stereocenters. The monoisotopic (exact) mass is 319 g/mol. The van der Waals surface area contributed by atoms with Crippen LogP contribution in [0.25, 0.3) is 16.7 Å². The van der Waals surface area contributed by atoms with E-state index in [0.717, 1.165) is 5.56 Å². The van der Waals surface area contributed by atoms with Gasteiger partial charge in [-0.2, -0.15) is 0 Å². The molecule has 0 aliphatic rings. The van der Waals surface area contributed by atoms with Crippen molar-refractivity contribution in [2.75, 3.05) is 7.05 Å². The lowest BCUT2D eigenvalue weighted by Gasteiger charge is -2.05. The fourth-order valence-corrected chi connectivity index (χ4v) is 2.30. The van der Waals surface area contributed by atoms with E-state index in [2.05, 4.69) is 26.5 Å². The Hall–Kier alpha value is -3.41. The lowest BCUT2D eigenvalue weighted by molar-refractivity contribution is 0.480. The Balaban J connectivity index is 2.11. The third-order valence-corrected chi connectivity index (χ3v) is 3.55. The van der Waals surface area contributed by atoms with Gasteiger partial charge in [-0.15, -0.1) is 0 Å². The summed E-state index contributed by atoms with van der Waals surface area (Å²) in [4.78, 5) is 16.0. The highest BCUT2D eigenvalue weighted by Crippen LogP contribution is 2.22. The molecule has 6 nitrogen and oxygen atoms in total. The van der Waals surface area contributed by atoms with Gasteiger partial charge in [-0.25, -0.2) is 9.98 Å². The number of nitrogens with zero attached hydrogens (tertiary/aromatic N) is 3. The summed E-state index contributed by atoms with van der Waals surface area (Å²) in [6.45, 7) is 3.99. The average molecular weight is 319 g/mol. The Kier molecular flexibility index (Phi) is 4.11. The van der Waals surface area contributed by atoms with Crippen LogP contribution in [-0.2, 0) is 0 Å². The Labute approximate surface area is 139 Å². The van der Waals surface area contributed by atoms with Gasteiger partial charge >= 0.3 is 0 Å². The number of aromatic amines is 1. The first-order valence-corrected chi connectivity index (χ1v) is 7.34. The quantitative estimate of drug-likeness (QED) is 0.509. The molecule has 0 aliphatic heterocycles. The molecule has 24 heavy (non-hydrogen) atoms. The number of nitrogens with two attached hydrogens (primary N) is 1. The summed E-state index contributed by atoms with van der Waals surface area (Å²) in [7, 11) is 1.58. The van der Waals surface area contributed by atoms with Gasteiger partial charge in [0.15, 0.2) is 5.82 Å². The lowest BCUT2D eigenvalue weighted by Crippen LogP contribution is -2.26. The second-order valence-corrected chi connectivity index (χ2v) is 5.14. The zero-order valence-electron chi connectivity index (χ0n) is 13.2. The van der Waals surface area contributed by atoms with Crippen molar-refractivity contribution < 1.29 is 5.11 Å². The molecule has 0 fully saturated rings. The average Bonchev–Trinajstić information content (AvgIpc) is 3.05. The molecular weight excluding hydrogens is 302 g/mol. The van der Waals surface area contributed by atoms with Gasteiger partial charge in [0.1, 0.15) is 22.8 Å². The van der Waals surface area contributed by atoms with Crippen molar-refractivity contribution in [2.24, 2.45) is 15.7 Å². The smallest absolute Gasteiger partial charge is 0.161 e. The van der Waals surface area contributed by atoms with E-state index in [1.807, 2.05) is 36.4 Å². The summed E-state index contributed by atoms with van der Waals surface area (Å²) in [5.41, 5.74) is 8.92. The number of hydrogen-bond acceptors (Lipinski definition) is 4. The minimum Gasteiger partial charge on any atom is -0.506 e. The number of hydrogen-bond donors (Lipinski definition) is 3. The van der Waals surface area contributed by atoms with Gasteiger partial charge in [-0.1, -0.05) is 43.0 Å². The zero-order chi connectivity index (χ0) is 17.1. The molecule has 0 radical (unpaired) electrons. The number of amidine groups is 1. The molecule has 4 N–H and O–H groups in total. The van der Waals surface area contributed by atoms with Crippen LogP contribution in [0.15, 0.2) is 65.1 Å². The van der Waals surface area contributed by atoms with Gasteiger partial charge in [-0.05, 0) is 17.7 Å². The van der Waals surface area contributed by atoms with Crippen LogP contribution in [0.3, 0.4) is 0 Å². The summed E-state index contributed by atoms with van der Waals surface area (Å²) in [5, 5.41) is 9.92. The van der Waals surface area contributed by atoms with E-state index in [4.69, 9.17) is 5.73 Å². The molecule has 6 heteroatoms. The number of aliphatic imine (C=N–C) groups is 2. The number of phenolic OH excluding ortho intramolecular Hbond substituents is 1. The molecular formula is C18H17N5O. The van der Waals surface area contributed by atoms with Crippen LogP contribution >= 0.6 is 0 Å². The van der Waals surface area contributed by atoms with Crippen LogP contribution in [0, 0.1) is 0 Å². The molecule has 3 aromatic rings. The van der Waals surface area contributed by atoms with E-state index in [1.54, 1.807) is 19.2 Å². The molecule has 1 heterocycles. The molecule has 0 bridgehead atoms. The fraction of sp³-hybridized carbons (Fsp3) is 0.0556. The van der Waals surface area contributed by atoms with E-state index >= 15 is 0 Å². The third-order valence-electron chi connectivity index (χ3n) is 3.55. The van der Waals surface area contributed by atoms with Crippen molar-refractivity contribution in [1.82, 2.24) is 9.97 Å². The molecule has 0 saturated carbocycles. The van der Waals surface area contributed by atoms with Gasteiger partial charge in [0.25, 0.3) is 0 Å². The number of benzene rings is 2. The largest absolute Gasteiger partial charge is 0.506 e. The summed E-state index contributed by atoms with van der Waals surface area (Å²) in [6, 6.07) is 14.7. The van der Waals surface area contributed by atoms with Gasteiger partial charge < -0.3 is 15.8 Å². The first kappa shape index (κ1) is 15.5. The second-order valence-electron chi connectivity index (χ2n) is 5.14. The van der Waals surface area contributed by atoms with Crippen molar-refractivity contribution in [2.45, 2.75) is 0 Å². The molecule has 2 aromatic carbocycles. The minimum atomic E-state index is 0.0863. The highest BCUT2D eigenvalue weighted by molar-refractivity contribution is 6.47. The maximum atomic E-state index is 9.92. The number of aromatic nitrogens is 2. The summed E-state index contributed by atoms with van der Waals surface area (Å²) in [5.74, 6) is 0.737. The van der Waals surface area contributed by atoms with E-state index in [1.165, 1.54) is 0 Å². The third kappa shape index (κ3) is 2.89. The second kappa shape index (κ2) is 6.37. The predicted octanol–water partition coefficient (Wildman–Crippen LogP) is 2.72. The Morgan fingerprint density at radius 3 is 2.58 bits per heavy atom. The Bertz CT molecular complexity index is 954. The first-order valence-electron chi connectivity index (χ1n) is 7.34. The van der Waals surface area contributed by atoms with Crippen LogP contribution in [-0.4, -0.2) is 33.7 Å². The van der Waals surface area contributed by atoms with Crippen molar-refractivity contribution in [3.8, 4) is 5.75 Å². The van der Waals surface area contributed by atoms with Crippen LogP contribution in [0.2, 0.25) is 0 Å². The van der Waals surface area contributed by atoms with Crippen LogP contribution < -0.4 is 5.73 Å². The van der Waals surface area contributed by atoms with Gasteiger partial charge in [0.05, 0.1) is 11.2 Å². The lowest BCUT2D eigenvalue weighted by atomic mass is 10.2. The predicted molar refractivity (Wildman–Crippen MR) is 97.3 cm³/mol. The first-order chi connectivity index (χ1) is 11.6. The zero-order valence-corrected chi connectivity index (χ0v) is 13.2. The van der Waals surface area contributed by atoms with Crippen LogP contribution in [0.4, 0.5) is 0 Å². The fourth-order valence-electron chi connectivity index (χ4n) is 2.30. The molecule has 3 rings (SSSR count). The Morgan fingerprint density at radius 1 is 1.17 bits per heavy atom. The summed E-state index contributed by atoms with van der Waals surface area (Å²) >= 11 is 0. The molecule has 0 aliphatic carbocycles. The van der Waals surface area contributed by atoms with Crippen LogP contribution in [0.5, 0.6) is 5.75 Å². The highest BCUT2D eigenvalue weighted by atomic mass is 16.3. The number of aromatic hydroxyl groups is 1. The van der Waals surface area contributed by atoms with Gasteiger partial charge in [0, 0.05) is 7.05 Å². The number of H-pyrrole nitrogens is 1.